The van der Waals surface area contributed by atoms with Gasteiger partial charge in [0, 0.05) is 17.5 Å². The average molecular weight is 337 g/mol. The molecule has 1 atom stereocenters. The van der Waals surface area contributed by atoms with E-state index < -0.39 is 6.10 Å². The van der Waals surface area contributed by atoms with Crippen LogP contribution in [0.2, 0.25) is 0 Å². The van der Waals surface area contributed by atoms with Crippen LogP contribution < -0.4 is 5.32 Å². The Kier molecular flexibility index (Phi) is 5.41. The van der Waals surface area contributed by atoms with Crippen molar-refractivity contribution in [3.8, 4) is 0 Å². The van der Waals surface area contributed by atoms with Crippen molar-refractivity contribution in [3.05, 3.63) is 76.5 Å². The Hall–Kier alpha value is -2.43. The van der Waals surface area contributed by atoms with Gasteiger partial charge in [0.25, 0.3) is 0 Å². The predicted molar refractivity (Wildman–Crippen MR) is 99.9 cm³/mol. The van der Waals surface area contributed by atoms with E-state index in [1.807, 2.05) is 60.0 Å². The van der Waals surface area contributed by atoms with Crippen LogP contribution in [-0.2, 0) is 4.79 Å². The maximum absolute atomic E-state index is 11.8. The molecule has 0 aliphatic carbocycles. The normalized spacial score (nSPS) is 12.5. The van der Waals surface area contributed by atoms with Gasteiger partial charge >= 0.3 is 0 Å². The number of carbonyl (C=O) groups excluding carboxylic acids is 1. The largest absolute Gasteiger partial charge is 0.388 e. The van der Waals surface area contributed by atoms with Crippen LogP contribution in [0.3, 0.4) is 0 Å². The van der Waals surface area contributed by atoms with Crippen molar-refractivity contribution in [2.45, 2.75) is 12.5 Å². The molecule has 2 aromatic carbocycles. The summed E-state index contributed by atoms with van der Waals surface area (Å²) in [6.45, 7) is 0.429. The molecule has 1 heterocycles. The number of thiophene rings is 1. The molecule has 0 bridgehead atoms. The Morgan fingerprint density at radius 1 is 1.12 bits per heavy atom. The fourth-order valence-corrected chi connectivity index (χ4v) is 3.25. The Balaban J connectivity index is 1.55. The first-order valence-electron chi connectivity index (χ1n) is 7.89. The van der Waals surface area contributed by atoms with Crippen LogP contribution in [0.15, 0.2) is 66.1 Å². The molecule has 0 unspecified atom stereocenters. The van der Waals surface area contributed by atoms with Crippen LogP contribution in [0.1, 0.15) is 23.0 Å². The lowest BCUT2D eigenvalue weighted by Gasteiger charge is -2.14. The van der Waals surface area contributed by atoms with Gasteiger partial charge in [0.15, 0.2) is 0 Å². The van der Waals surface area contributed by atoms with Crippen molar-refractivity contribution >= 4 is 34.1 Å². The third-order valence-corrected chi connectivity index (χ3v) is 4.68. The van der Waals surface area contributed by atoms with Crippen LogP contribution in [0.5, 0.6) is 0 Å². The second-order valence-corrected chi connectivity index (χ2v) is 6.49. The first kappa shape index (κ1) is 16.4. The van der Waals surface area contributed by atoms with E-state index in [4.69, 9.17) is 0 Å². The molecule has 0 spiro atoms. The van der Waals surface area contributed by atoms with Gasteiger partial charge in [0.1, 0.15) is 0 Å². The van der Waals surface area contributed by atoms with Gasteiger partial charge in [0.05, 0.1) is 6.10 Å². The summed E-state index contributed by atoms with van der Waals surface area (Å²) in [4.78, 5) is 12.8. The summed E-state index contributed by atoms with van der Waals surface area (Å²) in [5.41, 5.74) is 0.900. The van der Waals surface area contributed by atoms with Crippen LogP contribution in [-0.4, -0.2) is 17.6 Å². The van der Waals surface area contributed by atoms with E-state index in [9.17, 15) is 9.90 Å². The molecule has 2 N–H and O–H groups in total. The second-order valence-electron chi connectivity index (χ2n) is 5.51. The predicted octanol–water partition coefficient (Wildman–Crippen LogP) is 4.15. The van der Waals surface area contributed by atoms with Crippen LogP contribution >= 0.6 is 11.3 Å². The van der Waals surface area contributed by atoms with E-state index in [-0.39, 0.29) is 5.91 Å². The van der Waals surface area contributed by atoms with E-state index in [2.05, 4.69) is 5.32 Å². The average Bonchev–Trinajstić information content (AvgIpc) is 3.13. The number of aliphatic hydroxyl groups excluding tert-OH is 1. The van der Waals surface area contributed by atoms with Gasteiger partial charge in [-0.15, -0.1) is 11.3 Å². The summed E-state index contributed by atoms with van der Waals surface area (Å²) in [6, 6.07) is 17.8. The molecule has 0 aliphatic rings. The Labute approximate surface area is 145 Å². The zero-order valence-electron chi connectivity index (χ0n) is 13.2. The third kappa shape index (κ3) is 4.10. The van der Waals surface area contributed by atoms with E-state index in [0.29, 0.717) is 13.0 Å². The number of rotatable bonds is 6. The highest BCUT2D eigenvalue weighted by molar-refractivity contribution is 7.10. The molecule has 3 nitrogen and oxygen atoms in total. The number of amides is 1. The highest BCUT2D eigenvalue weighted by atomic mass is 32.1. The van der Waals surface area contributed by atoms with Crippen molar-refractivity contribution in [1.82, 2.24) is 5.32 Å². The summed E-state index contributed by atoms with van der Waals surface area (Å²) < 4.78 is 0. The molecule has 3 aromatic rings. The summed E-state index contributed by atoms with van der Waals surface area (Å²) in [6.07, 6.45) is 3.20. The molecule has 122 valence electrons. The molecule has 1 aromatic heterocycles. The highest BCUT2D eigenvalue weighted by Crippen LogP contribution is 2.25. The quantitative estimate of drug-likeness (QED) is 0.664. The summed E-state index contributed by atoms with van der Waals surface area (Å²) in [7, 11) is 0. The van der Waals surface area contributed by atoms with Crippen molar-refractivity contribution in [2.24, 2.45) is 0 Å². The van der Waals surface area contributed by atoms with Crippen molar-refractivity contribution in [2.75, 3.05) is 6.54 Å². The van der Waals surface area contributed by atoms with Crippen molar-refractivity contribution in [3.63, 3.8) is 0 Å². The third-order valence-electron chi connectivity index (χ3n) is 3.84. The first-order valence-corrected chi connectivity index (χ1v) is 8.77. The van der Waals surface area contributed by atoms with Gasteiger partial charge in [0.2, 0.25) is 5.91 Å². The van der Waals surface area contributed by atoms with Gasteiger partial charge in [-0.05, 0) is 40.3 Å². The molecule has 0 aliphatic heterocycles. The zero-order chi connectivity index (χ0) is 16.8. The van der Waals surface area contributed by atoms with Crippen LogP contribution in [0.25, 0.3) is 16.8 Å². The van der Waals surface area contributed by atoms with Crippen molar-refractivity contribution in [1.29, 1.82) is 0 Å². The van der Waals surface area contributed by atoms with Gasteiger partial charge in [-0.25, -0.2) is 0 Å². The first-order chi connectivity index (χ1) is 11.7. The highest BCUT2D eigenvalue weighted by Gasteiger charge is 2.11. The molecule has 0 saturated heterocycles. The van der Waals surface area contributed by atoms with E-state index in [0.717, 1.165) is 21.2 Å². The topological polar surface area (TPSA) is 49.3 Å². The zero-order valence-corrected chi connectivity index (χ0v) is 14.0. The number of carbonyl (C=O) groups is 1. The lowest BCUT2D eigenvalue weighted by molar-refractivity contribution is -0.116. The molecule has 0 saturated carbocycles. The van der Waals surface area contributed by atoms with Gasteiger partial charge in [-0.2, -0.15) is 0 Å². The second kappa shape index (κ2) is 7.90. The van der Waals surface area contributed by atoms with Crippen LogP contribution in [0.4, 0.5) is 0 Å². The molecular formula is C20H19NO2S. The molecule has 0 radical (unpaired) electrons. The van der Waals surface area contributed by atoms with E-state index in [1.165, 1.54) is 6.08 Å². The maximum Gasteiger partial charge on any atom is 0.244 e. The minimum atomic E-state index is -0.599. The number of aliphatic hydroxyl groups is 1. The SMILES string of the molecule is O=C(/C=C/c1cccs1)NCC[C@@H](O)c1cccc2ccccc12. The van der Waals surface area contributed by atoms with Crippen molar-refractivity contribution < 1.29 is 9.90 Å². The molecule has 1 amide bonds. The van der Waals surface area contributed by atoms with Gasteiger partial charge in [-0.3, -0.25) is 4.79 Å². The smallest absolute Gasteiger partial charge is 0.244 e. The molecular weight excluding hydrogens is 318 g/mol. The Bertz CT molecular complexity index is 834. The Morgan fingerprint density at radius 3 is 2.79 bits per heavy atom. The Morgan fingerprint density at radius 2 is 1.96 bits per heavy atom. The fourth-order valence-electron chi connectivity index (χ4n) is 2.63. The monoisotopic (exact) mass is 337 g/mol. The van der Waals surface area contributed by atoms with E-state index >= 15 is 0 Å². The van der Waals surface area contributed by atoms with Gasteiger partial charge < -0.3 is 10.4 Å². The number of fused-ring (bicyclic) bond motifs is 1. The summed E-state index contributed by atoms with van der Waals surface area (Å²) >= 11 is 1.59. The number of benzene rings is 2. The number of nitrogens with one attached hydrogen (secondary N) is 1. The summed E-state index contributed by atoms with van der Waals surface area (Å²) in [5.74, 6) is -0.145. The molecule has 24 heavy (non-hydrogen) atoms. The maximum atomic E-state index is 11.8. The number of hydrogen-bond acceptors (Lipinski definition) is 3. The molecule has 3 rings (SSSR count). The molecule has 0 fully saturated rings. The lowest BCUT2D eigenvalue weighted by atomic mass is 9.99. The lowest BCUT2D eigenvalue weighted by Crippen LogP contribution is -2.23. The standard InChI is InChI=1S/C20H19NO2S/c22-19(18-9-3-6-15-5-1-2-8-17(15)18)12-13-21-20(23)11-10-16-7-4-14-24-16/h1-11,14,19,22H,12-13H2,(H,21,23)/b11-10+/t19-/m1/s1. The van der Waals surface area contributed by atoms with Gasteiger partial charge in [-0.1, -0.05) is 48.5 Å². The van der Waals surface area contributed by atoms with Crippen LogP contribution in [0, 0.1) is 0 Å². The minimum absolute atomic E-state index is 0.145. The summed E-state index contributed by atoms with van der Waals surface area (Å²) in [5, 5.41) is 17.4. The van der Waals surface area contributed by atoms with E-state index in [1.54, 1.807) is 17.4 Å². The number of hydrogen-bond donors (Lipinski definition) is 2. The molecule has 4 heteroatoms. The fraction of sp³-hybridized carbons (Fsp3) is 0.150. The minimum Gasteiger partial charge on any atom is -0.388 e.